The van der Waals surface area contributed by atoms with Gasteiger partial charge < -0.3 is 20.4 Å². The van der Waals surface area contributed by atoms with E-state index in [1.165, 1.54) is 0 Å². The third-order valence-corrected chi connectivity index (χ3v) is 3.69. The highest BCUT2D eigenvalue weighted by molar-refractivity contribution is 4.93. The van der Waals surface area contributed by atoms with Crippen LogP contribution in [0.25, 0.3) is 0 Å². The SMILES string of the molecule is CC(C)CCCCN1C[C@H](O)[C@@H](O)[C@@H](O)[C@H]1CO. The lowest BCUT2D eigenvalue weighted by Gasteiger charge is -2.43. The lowest BCUT2D eigenvalue weighted by Crippen LogP contribution is -2.62. The van der Waals surface area contributed by atoms with Gasteiger partial charge in [-0.1, -0.05) is 26.7 Å². The molecule has 0 bridgehead atoms. The van der Waals surface area contributed by atoms with Crippen molar-refractivity contribution in [1.82, 2.24) is 4.90 Å². The standard InChI is InChI=1S/C13H27NO4/c1-9(2)5-3-4-6-14-7-11(16)13(18)12(17)10(14)8-15/h9-13,15-18H,3-8H2,1-2H3/t10-,11+,12+,13-/m1/s1. The van der Waals surface area contributed by atoms with E-state index in [0.717, 1.165) is 25.8 Å². The predicted molar refractivity (Wildman–Crippen MR) is 69.2 cm³/mol. The molecular formula is C13H27NO4. The summed E-state index contributed by atoms with van der Waals surface area (Å²) >= 11 is 0. The summed E-state index contributed by atoms with van der Waals surface area (Å²) < 4.78 is 0. The molecule has 0 unspecified atom stereocenters. The summed E-state index contributed by atoms with van der Waals surface area (Å²) in [5, 5.41) is 38.3. The summed E-state index contributed by atoms with van der Waals surface area (Å²) in [7, 11) is 0. The Kier molecular flexibility index (Phi) is 6.52. The van der Waals surface area contributed by atoms with Gasteiger partial charge in [0.25, 0.3) is 0 Å². The van der Waals surface area contributed by atoms with Crippen molar-refractivity contribution in [1.29, 1.82) is 0 Å². The first-order valence-corrected chi connectivity index (χ1v) is 6.86. The largest absolute Gasteiger partial charge is 0.395 e. The van der Waals surface area contributed by atoms with Crippen LogP contribution < -0.4 is 0 Å². The number of β-amino-alcohol motifs (C(OH)–C–C–N with tert-alkyl or cyclic N) is 1. The van der Waals surface area contributed by atoms with Crippen molar-refractivity contribution in [2.24, 2.45) is 5.92 Å². The number of hydrogen-bond donors (Lipinski definition) is 4. The molecule has 1 aliphatic heterocycles. The molecule has 4 atom stereocenters. The number of unbranched alkanes of at least 4 members (excludes halogenated alkanes) is 1. The van der Waals surface area contributed by atoms with Gasteiger partial charge in [-0.2, -0.15) is 0 Å². The van der Waals surface area contributed by atoms with Crippen LogP contribution in [0.5, 0.6) is 0 Å². The summed E-state index contributed by atoms with van der Waals surface area (Å²) in [6, 6.07) is -0.470. The molecule has 1 fully saturated rings. The molecule has 0 aliphatic carbocycles. The van der Waals surface area contributed by atoms with Crippen LogP contribution in [0.1, 0.15) is 33.1 Å². The number of piperidine rings is 1. The van der Waals surface area contributed by atoms with E-state index in [1.807, 2.05) is 4.90 Å². The van der Waals surface area contributed by atoms with Gasteiger partial charge in [-0.05, 0) is 18.9 Å². The number of aliphatic hydroxyl groups excluding tert-OH is 4. The Bertz CT molecular complexity index is 237. The minimum atomic E-state index is -1.16. The van der Waals surface area contributed by atoms with Crippen molar-refractivity contribution in [3.05, 3.63) is 0 Å². The molecule has 5 heteroatoms. The van der Waals surface area contributed by atoms with Gasteiger partial charge in [0.2, 0.25) is 0 Å². The first kappa shape index (κ1) is 15.9. The molecule has 18 heavy (non-hydrogen) atoms. The Labute approximate surface area is 109 Å². The molecule has 0 saturated carbocycles. The highest BCUT2D eigenvalue weighted by atomic mass is 16.4. The number of nitrogens with zero attached hydrogens (tertiary/aromatic N) is 1. The highest BCUT2D eigenvalue weighted by Crippen LogP contribution is 2.19. The summed E-state index contributed by atoms with van der Waals surface area (Å²) in [6.07, 6.45) is 0.0576. The minimum absolute atomic E-state index is 0.199. The fraction of sp³-hybridized carbons (Fsp3) is 1.00. The third kappa shape index (κ3) is 4.17. The van der Waals surface area contributed by atoms with Gasteiger partial charge in [0, 0.05) is 6.54 Å². The molecule has 0 aromatic heterocycles. The molecule has 108 valence electrons. The van der Waals surface area contributed by atoms with Crippen molar-refractivity contribution in [2.75, 3.05) is 19.7 Å². The molecule has 0 amide bonds. The summed E-state index contributed by atoms with van der Waals surface area (Å²) in [6.45, 7) is 5.21. The zero-order chi connectivity index (χ0) is 13.7. The number of rotatable bonds is 6. The lowest BCUT2D eigenvalue weighted by molar-refractivity contribution is -0.145. The Hall–Kier alpha value is -0.200. The van der Waals surface area contributed by atoms with E-state index in [4.69, 9.17) is 0 Å². The average molecular weight is 261 g/mol. The zero-order valence-corrected chi connectivity index (χ0v) is 11.4. The highest BCUT2D eigenvalue weighted by Gasteiger charge is 2.40. The molecule has 0 spiro atoms. The second-order valence-electron chi connectivity index (χ2n) is 5.68. The van der Waals surface area contributed by atoms with Gasteiger partial charge in [-0.25, -0.2) is 0 Å². The Balaban J connectivity index is 2.42. The fourth-order valence-electron chi connectivity index (χ4n) is 2.50. The monoisotopic (exact) mass is 261 g/mol. The van der Waals surface area contributed by atoms with Crippen LogP contribution in [0.4, 0.5) is 0 Å². The van der Waals surface area contributed by atoms with Crippen molar-refractivity contribution in [3.8, 4) is 0 Å². The van der Waals surface area contributed by atoms with Crippen LogP contribution in [0.3, 0.4) is 0 Å². The molecule has 1 saturated heterocycles. The summed E-state index contributed by atoms with van der Waals surface area (Å²) in [4.78, 5) is 1.88. The van der Waals surface area contributed by atoms with Gasteiger partial charge in [0.05, 0.1) is 18.8 Å². The van der Waals surface area contributed by atoms with E-state index in [2.05, 4.69) is 13.8 Å². The van der Waals surface area contributed by atoms with Crippen LogP contribution in [0, 0.1) is 5.92 Å². The molecule has 5 nitrogen and oxygen atoms in total. The van der Waals surface area contributed by atoms with Crippen LogP contribution in [-0.4, -0.2) is 69.4 Å². The first-order chi connectivity index (χ1) is 8.47. The second kappa shape index (κ2) is 7.40. The van der Waals surface area contributed by atoms with Gasteiger partial charge in [0.15, 0.2) is 0 Å². The third-order valence-electron chi connectivity index (χ3n) is 3.69. The Morgan fingerprint density at radius 2 is 1.78 bits per heavy atom. The van der Waals surface area contributed by atoms with Crippen molar-refractivity contribution >= 4 is 0 Å². The maximum absolute atomic E-state index is 9.81. The molecule has 1 rings (SSSR count). The number of likely N-dealkylation sites (tertiary alicyclic amines) is 1. The van der Waals surface area contributed by atoms with Crippen LogP contribution in [0.15, 0.2) is 0 Å². The maximum Gasteiger partial charge on any atom is 0.109 e. The summed E-state index contributed by atoms with van der Waals surface area (Å²) in [5.74, 6) is 0.679. The second-order valence-corrected chi connectivity index (χ2v) is 5.68. The zero-order valence-electron chi connectivity index (χ0n) is 11.4. The maximum atomic E-state index is 9.81. The molecule has 1 heterocycles. The first-order valence-electron chi connectivity index (χ1n) is 6.86. The molecule has 1 aliphatic rings. The smallest absolute Gasteiger partial charge is 0.109 e. The molecule has 0 radical (unpaired) electrons. The van der Waals surface area contributed by atoms with Crippen LogP contribution in [-0.2, 0) is 0 Å². The van der Waals surface area contributed by atoms with Gasteiger partial charge >= 0.3 is 0 Å². The fourth-order valence-corrected chi connectivity index (χ4v) is 2.50. The number of hydrogen-bond acceptors (Lipinski definition) is 5. The molecule has 0 aromatic rings. The quantitative estimate of drug-likeness (QED) is 0.488. The lowest BCUT2D eigenvalue weighted by atomic mass is 9.94. The van der Waals surface area contributed by atoms with Gasteiger partial charge in [-0.15, -0.1) is 0 Å². The Morgan fingerprint density at radius 1 is 1.11 bits per heavy atom. The van der Waals surface area contributed by atoms with Crippen LogP contribution in [0.2, 0.25) is 0 Å². The van der Waals surface area contributed by atoms with Gasteiger partial charge in [-0.3, -0.25) is 4.90 Å². The van der Waals surface area contributed by atoms with E-state index in [-0.39, 0.29) is 6.61 Å². The van der Waals surface area contributed by atoms with E-state index in [9.17, 15) is 20.4 Å². The van der Waals surface area contributed by atoms with E-state index in [0.29, 0.717) is 12.5 Å². The van der Waals surface area contributed by atoms with E-state index < -0.39 is 24.4 Å². The number of aliphatic hydroxyl groups is 4. The Morgan fingerprint density at radius 3 is 2.33 bits per heavy atom. The topological polar surface area (TPSA) is 84.2 Å². The van der Waals surface area contributed by atoms with E-state index >= 15 is 0 Å². The van der Waals surface area contributed by atoms with Crippen molar-refractivity contribution in [2.45, 2.75) is 57.5 Å². The molecule has 4 N–H and O–H groups in total. The van der Waals surface area contributed by atoms with Crippen LogP contribution >= 0.6 is 0 Å². The summed E-state index contributed by atoms with van der Waals surface area (Å²) in [5.41, 5.74) is 0. The normalized spacial score (nSPS) is 34.2. The van der Waals surface area contributed by atoms with E-state index in [1.54, 1.807) is 0 Å². The molecule has 0 aromatic carbocycles. The molecular weight excluding hydrogens is 234 g/mol. The van der Waals surface area contributed by atoms with Crippen molar-refractivity contribution < 1.29 is 20.4 Å². The van der Waals surface area contributed by atoms with Crippen molar-refractivity contribution in [3.63, 3.8) is 0 Å². The minimum Gasteiger partial charge on any atom is -0.395 e. The predicted octanol–water partition coefficient (Wildman–Crippen LogP) is -0.428. The average Bonchev–Trinajstić information content (AvgIpc) is 2.32. The van der Waals surface area contributed by atoms with Gasteiger partial charge in [0.1, 0.15) is 12.2 Å².